The van der Waals surface area contributed by atoms with Crippen molar-refractivity contribution in [2.24, 2.45) is 0 Å². The zero-order valence-corrected chi connectivity index (χ0v) is 21.1. The molecule has 2 aromatic heterocycles. The molecule has 3 aromatic rings. The number of rotatable bonds is 15. The van der Waals surface area contributed by atoms with E-state index in [-0.39, 0.29) is 11.1 Å². The molecule has 0 amide bonds. The van der Waals surface area contributed by atoms with Crippen LogP contribution in [0.5, 0.6) is 0 Å². The monoisotopic (exact) mass is 479 g/mol. The third-order valence-corrected chi connectivity index (χ3v) is 6.97. The minimum Gasteiger partial charge on any atom is -0.316 e. The number of aryl methyl sites for hydroxylation is 2. The minimum absolute atomic E-state index is 0.0151. The molecule has 0 unspecified atom stereocenters. The van der Waals surface area contributed by atoms with Crippen LogP contribution in [0.1, 0.15) is 75.0 Å². The van der Waals surface area contributed by atoms with Crippen LogP contribution in [0.4, 0.5) is 0 Å². The molecule has 5 nitrogen and oxygen atoms in total. The van der Waals surface area contributed by atoms with Crippen molar-refractivity contribution in [2.75, 3.05) is 5.75 Å². The molecule has 0 bridgehead atoms. The number of unbranched alkanes of at least 4 members (excludes halogenated alkanes) is 6. The first kappa shape index (κ1) is 26.0. The number of thioether (sulfide) groups is 1. The number of aromatic amines is 1. The van der Waals surface area contributed by atoms with Crippen LogP contribution in [0, 0.1) is 0 Å². The molecule has 0 fully saturated rings. The number of H-pyrrole nitrogens is 1. The molecule has 0 aliphatic heterocycles. The van der Waals surface area contributed by atoms with Gasteiger partial charge in [-0.25, -0.2) is 4.98 Å². The van der Waals surface area contributed by atoms with Gasteiger partial charge in [0.2, 0.25) is 0 Å². The minimum atomic E-state index is -0.119. The summed E-state index contributed by atoms with van der Waals surface area (Å²) < 4.78 is 1.72. The standard InChI is InChI=1S/C28H37N3O2S/c1-2-3-17-31-18-16-24(21-26(31)32)20-25-22-29-28(30-27(25)33)34-19-12-7-5-4-6-9-13-23-14-10-8-11-15-23/h8,10-11,14-16,18,21-22H,2-7,9,12-13,17,19-20H2,1H3,(H,29,30,33). The maximum Gasteiger partial charge on any atom is 0.255 e. The molecular weight excluding hydrogens is 442 g/mol. The average Bonchev–Trinajstić information content (AvgIpc) is 2.85. The number of nitrogens with zero attached hydrogens (tertiary/aromatic N) is 2. The molecule has 3 rings (SSSR count). The van der Waals surface area contributed by atoms with Gasteiger partial charge in [-0.05, 0) is 42.9 Å². The van der Waals surface area contributed by atoms with E-state index >= 15 is 0 Å². The predicted molar refractivity (Wildman–Crippen MR) is 142 cm³/mol. The lowest BCUT2D eigenvalue weighted by Crippen LogP contribution is -2.20. The van der Waals surface area contributed by atoms with Gasteiger partial charge in [0.05, 0.1) is 0 Å². The zero-order chi connectivity index (χ0) is 24.0. The van der Waals surface area contributed by atoms with Crippen molar-refractivity contribution in [1.29, 1.82) is 0 Å². The van der Waals surface area contributed by atoms with Gasteiger partial charge in [0.1, 0.15) is 0 Å². The predicted octanol–water partition coefficient (Wildman–Crippen LogP) is 6.00. The first-order chi connectivity index (χ1) is 16.7. The van der Waals surface area contributed by atoms with Gasteiger partial charge in [0.15, 0.2) is 5.16 Å². The highest BCUT2D eigenvalue weighted by molar-refractivity contribution is 7.99. The summed E-state index contributed by atoms with van der Waals surface area (Å²) in [6.45, 7) is 2.84. The summed E-state index contributed by atoms with van der Waals surface area (Å²) in [7, 11) is 0. The van der Waals surface area contributed by atoms with Gasteiger partial charge >= 0.3 is 0 Å². The Morgan fingerprint density at radius 2 is 1.68 bits per heavy atom. The first-order valence-corrected chi connectivity index (χ1v) is 13.6. The molecule has 0 atom stereocenters. The topological polar surface area (TPSA) is 67.8 Å². The van der Waals surface area contributed by atoms with Crippen LogP contribution in [0.25, 0.3) is 0 Å². The van der Waals surface area contributed by atoms with E-state index < -0.39 is 0 Å². The second-order valence-corrected chi connectivity index (χ2v) is 9.93. The molecule has 2 heterocycles. The average molecular weight is 480 g/mol. The van der Waals surface area contributed by atoms with Crippen molar-refractivity contribution in [3.05, 3.63) is 92.3 Å². The van der Waals surface area contributed by atoms with Crippen molar-refractivity contribution >= 4 is 11.8 Å². The van der Waals surface area contributed by atoms with E-state index in [0.29, 0.717) is 17.1 Å². The maximum absolute atomic E-state index is 12.5. The van der Waals surface area contributed by atoms with Crippen LogP contribution in [0.3, 0.4) is 0 Å². The molecule has 0 saturated carbocycles. The normalized spacial score (nSPS) is 11.1. The maximum atomic E-state index is 12.5. The Morgan fingerprint density at radius 1 is 0.912 bits per heavy atom. The summed E-state index contributed by atoms with van der Waals surface area (Å²) in [5.74, 6) is 0.961. The Bertz CT molecular complexity index is 1110. The van der Waals surface area contributed by atoms with Crippen molar-refractivity contribution < 1.29 is 0 Å². The Hall–Kier alpha value is -2.60. The Balaban J connectivity index is 1.33. The largest absolute Gasteiger partial charge is 0.316 e. The number of aromatic nitrogens is 3. The molecule has 0 radical (unpaired) electrons. The Morgan fingerprint density at radius 3 is 2.41 bits per heavy atom. The SMILES string of the molecule is CCCCn1ccc(Cc2cnc(SCCCCCCCCc3ccccc3)[nH]c2=O)cc1=O. The van der Waals surface area contributed by atoms with Gasteiger partial charge in [0.25, 0.3) is 11.1 Å². The van der Waals surface area contributed by atoms with E-state index in [2.05, 4.69) is 47.2 Å². The zero-order valence-electron chi connectivity index (χ0n) is 20.3. The van der Waals surface area contributed by atoms with Crippen LogP contribution in [-0.4, -0.2) is 20.3 Å². The molecule has 0 spiro atoms. The van der Waals surface area contributed by atoms with Gasteiger partial charge in [-0.2, -0.15) is 0 Å². The molecule has 0 aliphatic carbocycles. The van der Waals surface area contributed by atoms with Gasteiger partial charge in [-0.1, -0.05) is 81.1 Å². The third kappa shape index (κ3) is 8.98. The first-order valence-electron chi connectivity index (χ1n) is 12.6. The molecule has 1 N–H and O–H groups in total. The summed E-state index contributed by atoms with van der Waals surface area (Å²) >= 11 is 1.61. The molecular formula is C28H37N3O2S. The second-order valence-electron chi connectivity index (χ2n) is 8.85. The number of pyridine rings is 1. The van der Waals surface area contributed by atoms with Gasteiger partial charge in [-0.15, -0.1) is 0 Å². The van der Waals surface area contributed by atoms with Crippen molar-refractivity contribution in [3.63, 3.8) is 0 Å². The van der Waals surface area contributed by atoms with E-state index in [9.17, 15) is 9.59 Å². The number of nitrogens with one attached hydrogen (secondary N) is 1. The van der Waals surface area contributed by atoms with Crippen LogP contribution in [0.15, 0.2) is 69.6 Å². The number of hydrogen-bond donors (Lipinski definition) is 1. The smallest absolute Gasteiger partial charge is 0.255 e. The molecule has 34 heavy (non-hydrogen) atoms. The summed E-state index contributed by atoms with van der Waals surface area (Å²) in [6, 6.07) is 14.2. The number of benzene rings is 1. The van der Waals surface area contributed by atoms with E-state index in [1.165, 1.54) is 44.1 Å². The van der Waals surface area contributed by atoms with Crippen molar-refractivity contribution in [2.45, 2.75) is 82.8 Å². The molecule has 182 valence electrons. The van der Waals surface area contributed by atoms with Crippen LogP contribution >= 0.6 is 11.8 Å². The van der Waals surface area contributed by atoms with Crippen molar-refractivity contribution in [1.82, 2.24) is 14.5 Å². The van der Waals surface area contributed by atoms with Crippen molar-refractivity contribution in [3.8, 4) is 0 Å². The number of hydrogen-bond acceptors (Lipinski definition) is 4. The van der Waals surface area contributed by atoms with Gasteiger partial charge in [-0.3, -0.25) is 9.59 Å². The van der Waals surface area contributed by atoms with Gasteiger partial charge in [0, 0.05) is 42.7 Å². The van der Waals surface area contributed by atoms with E-state index in [4.69, 9.17) is 0 Å². The lowest BCUT2D eigenvalue weighted by atomic mass is 10.1. The van der Waals surface area contributed by atoms with E-state index in [0.717, 1.165) is 37.1 Å². The van der Waals surface area contributed by atoms with Crippen LogP contribution in [0.2, 0.25) is 0 Å². The van der Waals surface area contributed by atoms with E-state index in [1.54, 1.807) is 28.6 Å². The highest BCUT2D eigenvalue weighted by Crippen LogP contribution is 2.16. The quantitative estimate of drug-likeness (QED) is 0.165. The Kier molecular flexibility index (Phi) is 11.2. The summed E-state index contributed by atoms with van der Waals surface area (Å²) in [5.41, 5.74) is 2.73. The van der Waals surface area contributed by atoms with Crippen LogP contribution in [-0.2, 0) is 19.4 Å². The second kappa shape index (κ2) is 14.6. The van der Waals surface area contributed by atoms with E-state index in [1.807, 2.05) is 12.3 Å². The fourth-order valence-electron chi connectivity index (χ4n) is 3.95. The highest BCUT2D eigenvalue weighted by atomic mass is 32.2. The fourth-order valence-corrected chi connectivity index (χ4v) is 4.78. The summed E-state index contributed by atoms with van der Waals surface area (Å²) in [4.78, 5) is 32.0. The fraction of sp³-hybridized carbons (Fsp3) is 0.464. The van der Waals surface area contributed by atoms with Gasteiger partial charge < -0.3 is 9.55 Å². The summed E-state index contributed by atoms with van der Waals surface area (Å²) in [6.07, 6.45) is 14.5. The summed E-state index contributed by atoms with van der Waals surface area (Å²) in [5, 5.41) is 0.673. The molecule has 6 heteroatoms. The molecule has 1 aromatic carbocycles. The lowest BCUT2D eigenvalue weighted by molar-refractivity contribution is 0.609. The third-order valence-electron chi connectivity index (χ3n) is 6.00. The lowest BCUT2D eigenvalue weighted by Gasteiger charge is -2.07. The highest BCUT2D eigenvalue weighted by Gasteiger charge is 2.06. The Labute approximate surface area is 207 Å². The molecule has 0 saturated heterocycles. The van der Waals surface area contributed by atoms with Crippen LogP contribution < -0.4 is 11.1 Å². The molecule has 0 aliphatic rings.